The van der Waals surface area contributed by atoms with E-state index >= 15 is 0 Å². The highest BCUT2D eigenvalue weighted by atomic mass is 16.3. The van der Waals surface area contributed by atoms with Gasteiger partial charge in [-0.3, -0.25) is 4.79 Å². The fourth-order valence-electron chi connectivity index (χ4n) is 2.74. The summed E-state index contributed by atoms with van der Waals surface area (Å²) in [6.45, 7) is 3.00. The number of hydrogen-bond acceptors (Lipinski definition) is 6. The number of amides is 1. The fraction of sp³-hybridized carbons (Fsp3) is 0.400. The Labute approximate surface area is 128 Å². The molecule has 0 saturated carbocycles. The third-order valence-corrected chi connectivity index (χ3v) is 3.99. The number of nitrogens with one attached hydrogen (secondary N) is 1. The summed E-state index contributed by atoms with van der Waals surface area (Å²) in [6.07, 6.45) is 4.66. The van der Waals surface area contributed by atoms with Gasteiger partial charge in [-0.15, -0.1) is 0 Å². The molecule has 116 valence electrons. The van der Waals surface area contributed by atoms with Crippen LogP contribution in [0.25, 0.3) is 0 Å². The summed E-state index contributed by atoms with van der Waals surface area (Å²) in [5.41, 5.74) is 0.525. The van der Waals surface area contributed by atoms with Crippen molar-refractivity contribution in [3.05, 3.63) is 42.2 Å². The van der Waals surface area contributed by atoms with E-state index in [2.05, 4.69) is 15.3 Å². The zero-order valence-corrected chi connectivity index (χ0v) is 12.3. The fourth-order valence-corrected chi connectivity index (χ4v) is 2.74. The van der Waals surface area contributed by atoms with Crippen LogP contribution in [-0.2, 0) is 0 Å². The molecule has 2 aromatic rings. The van der Waals surface area contributed by atoms with Crippen LogP contribution in [0.5, 0.6) is 0 Å². The topological polar surface area (TPSA) is 91.5 Å². The van der Waals surface area contributed by atoms with Crippen molar-refractivity contribution in [2.75, 3.05) is 24.6 Å². The van der Waals surface area contributed by atoms with Crippen LogP contribution in [0, 0.1) is 12.8 Å². The predicted molar refractivity (Wildman–Crippen MR) is 79.5 cm³/mol. The van der Waals surface area contributed by atoms with Crippen LogP contribution in [-0.4, -0.2) is 46.7 Å². The lowest BCUT2D eigenvalue weighted by Gasteiger charge is -2.18. The summed E-state index contributed by atoms with van der Waals surface area (Å²) in [7, 11) is 0. The Morgan fingerprint density at radius 2 is 2.36 bits per heavy atom. The quantitative estimate of drug-likeness (QED) is 0.859. The number of aromatic nitrogens is 2. The van der Waals surface area contributed by atoms with E-state index in [1.54, 1.807) is 19.2 Å². The summed E-state index contributed by atoms with van der Waals surface area (Å²) in [5, 5.41) is 12.5. The highest BCUT2D eigenvalue weighted by Gasteiger charge is 2.34. The summed E-state index contributed by atoms with van der Waals surface area (Å²) in [5.74, 6) is 1.17. The average molecular weight is 302 g/mol. The molecule has 7 heteroatoms. The first-order valence-electron chi connectivity index (χ1n) is 7.16. The maximum absolute atomic E-state index is 12.3. The van der Waals surface area contributed by atoms with E-state index in [0.29, 0.717) is 24.4 Å². The molecule has 3 heterocycles. The minimum Gasteiger partial charge on any atom is -0.469 e. The molecule has 7 nitrogen and oxygen atoms in total. The molecule has 0 aliphatic carbocycles. The van der Waals surface area contributed by atoms with E-state index in [1.165, 1.54) is 12.6 Å². The van der Waals surface area contributed by atoms with Crippen molar-refractivity contribution in [1.82, 2.24) is 15.3 Å². The second-order valence-electron chi connectivity index (χ2n) is 5.39. The van der Waals surface area contributed by atoms with Gasteiger partial charge in [-0.1, -0.05) is 0 Å². The van der Waals surface area contributed by atoms with Crippen LogP contribution >= 0.6 is 0 Å². The Kier molecular flexibility index (Phi) is 4.06. The van der Waals surface area contributed by atoms with Gasteiger partial charge in [-0.2, -0.15) is 0 Å². The molecule has 2 aromatic heterocycles. The van der Waals surface area contributed by atoms with Crippen LogP contribution < -0.4 is 10.2 Å². The van der Waals surface area contributed by atoms with E-state index in [1.807, 2.05) is 11.0 Å². The first-order valence-corrected chi connectivity index (χ1v) is 7.16. The van der Waals surface area contributed by atoms with E-state index < -0.39 is 0 Å². The maximum Gasteiger partial charge on any atom is 0.255 e. The number of anilines is 1. The van der Waals surface area contributed by atoms with Crippen LogP contribution in [0.4, 0.5) is 5.82 Å². The zero-order chi connectivity index (χ0) is 15.5. The van der Waals surface area contributed by atoms with Crippen LogP contribution in [0.2, 0.25) is 0 Å². The number of hydrogen-bond donors (Lipinski definition) is 2. The van der Waals surface area contributed by atoms with E-state index in [9.17, 15) is 9.90 Å². The van der Waals surface area contributed by atoms with E-state index in [-0.39, 0.29) is 24.5 Å². The molecule has 22 heavy (non-hydrogen) atoms. The number of rotatable bonds is 4. The van der Waals surface area contributed by atoms with Crippen molar-refractivity contribution >= 4 is 11.7 Å². The smallest absolute Gasteiger partial charge is 0.255 e. The van der Waals surface area contributed by atoms with Crippen LogP contribution in [0.15, 0.2) is 35.3 Å². The third kappa shape index (κ3) is 2.80. The average Bonchev–Trinajstić information content (AvgIpc) is 3.14. The lowest BCUT2D eigenvalue weighted by molar-refractivity contribution is 0.0920. The van der Waals surface area contributed by atoms with Crippen molar-refractivity contribution < 1.29 is 14.3 Å². The summed E-state index contributed by atoms with van der Waals surface area (Å²) in [4.78, 5) is 22.4. The van der Waals surface area contributed by atoms with Crippen molar-refractivity contribution in [3.63, 3.8) is 0 Å². The second-order valence-corrected chi connectivity index (χ2v) is 5.39. The van der Waals surface area contributed by atoms with Crippen LogP contribution in [0.1, 0.15) is 16.1 Å². The van der Waals surface area contributed by atoms with Gasteiger partial charge in [-0.25, -0.2) is 9.97 Å². The van der Waals surface area contributed by atoms with E-state index in [0.717, 1.165) is 5.82 Å². The highest BCUT2D eigenvalue weighted by Crippen LogP contribution is 2.22. The predicted octanol–water partition coefficient (Wildman–Crippen LogP) is 0.605. The Morgan fingerprint density at radius 3 is 3.00 bits per heavy atom. The van der Waals surface area contributed by atoms with Crippen molar-refractivity contribution in [2.24, 2.45) is 5.92 Å². The monoisotopic (exact) mass is 302 g/mol. The molecule has 0 bridgehead atoms. The van der Waals surface area contributed by atoms with Gasteiger partial charge in [0.25, 0.3) is 5.91 Å². The Hall–Kier alpha value is -2.41. The highest BCUT2D eigenvalue weighted by molar-refractivity contribution is 5.95. The molecule has 0 unspecified atom stereocenters. The first-order chi connectivity index (χ1) is 10.7. The third-order valence-electron chi connectivity index (χ3n) is 3.99. The SMILES string of the molecule is Cc1occc1C(=O)N[C@@H]1CN(c2ccncn2)C[C@H]1CO. The summed E-state index contributed by atoms with van der Waals surface area (Å²) < 4.78 is 5.16. The summed E-state index contributed by atoms with van der Waals surface area (Å²) in [6, 6.07) is 3.33. The number of aliphatic hydroxyl groups excluding tert-OH is 1. The molecule has 1 saturated heterocycles. The molecule has 2 atom stereocenters. The molecule has 0 aromatic carbocycles. The first kappa shape index (κ1) is 14.5. The van der Waals surface area contributed by atoms with Crippen molar-refractivity contribution in [3.8, 4) is 0 Å². The maximum atomic E-state index is 12.3. The molecule has 0 radical (unpaired) electrons. The molecular weight excluding hydrogens is 284 g/mol. The van der Waals surface area contributed by atoms with Crippen molar-refractivity contribution in [2.45, 2.75) is 13.0 Å². The normalized spacial score (nSPS) is 21.1. The Balaban J connectivity index is 1.71. The molecular formula is C15H18N4O3. The molecule has 1 aliphatic heterocycles. The van der Waals surface area contributed by atoms with Gasteiger partial charge in [0.15, 0.2) is 0 Å². The standard InChI is InChI=1S/C15H18N4O3/c1-10-12(3-5-22-10)15(21)18-13-7-19(6-11(13)8-20)14-2-4-16-9-17-14/h2-5,9,11,13,20H,6-8H2,1H3,(H,18,21)/t11-,13+/m0/s1. The number of nitrogens with zero attached hydrogens (tertiary/aromatic N) is 3. The zero-order valence-electron chi connectivity index (χ0n) is 12.3. The van der Waals surface area contributed by atoms with Crippen molar-refractivity contribution in [1.29, 1.82) is 0 Å². The van der Waals surface area contributed by atoms with Gasteiger partial charge in [0.1, 0.15) is 17.9 Å². The lowest BCUT2D eigenvalue weighted by atomic mass is 10.0. The molecule has 1 aliphatic rings. The largest absolute Gasteiger partial charge is 0.469 e. The second kappa shape index (κ2) is 6.15. The number of aliphatic hydroxyl groups is 1. The van der Waals surface area contributed by atoms with Gasteiger partial charge >= 0.3 is 0 Å². The Morgan fingerprint density at radius 1 is 1.50 bits per heavy atom. The molecule has 1 amide bonds. The molecule has 0 spiro atoms. The lowest BCUT2D eigenvalue weighted by Crippen LogP contribution is -2.41. The van der Waals surface area contributed by atoms with E-state index in [4.69, 9.17) is 4.42 Å². The number of carbonyl (C=O) groups excluding carboxylic acids is 1. The van der Waals surface area contributed by atoms with Gasteiger partial charge in [-0.05, 0) is 19.1 Å². The van der Waals surface area contributed by atoms with Gasteiger partial charge in [0, 0.05) is 31.8 Å². The van der Waals surface area contributed by atoms with Gasteiger partial charge in [0.2, 0.25) is 0 Å². The molecule has 1 fully saturated rings. The minimum atomic E-state index is -0.181. The number of carbonyl (C=O) groups is 1. The van der Waals surface area contributed by atoms with Gasteiger partial charge < -0.3 is 19.7 Å². The molecule has 3 rings (SSSR count). The number of furan rings is 1. The Bertz CT molecular complexity index is 643. The van der Waals surface area contributed by atoms with Crippen LogP contribution in [0.3, 0.4) is 0 Å². The minimum absolute atomic E-state index is 0.0108. The molecule has 2 N–H and O–H groups in total. The number of aryl methyl sites for hydroxylation is 1. The summed E-state index contributed by atoms with van der Waals surface area (Å²) >= 11 is 0. The van der Waals surface area contributed by atoms with Gasteiger partial charge in [0.05, 0.1) is 17.9 Å².